The predicted octanol–water partition coefficient (Wildman–Crippen LogP) is 4.91. The fourth-order valence-electron chi connectivity index (χ4n) is 1.52. The fourth-order valence-corrected chi connectivity index (χ4v) is 2.70. The van der Waals surface area contributed by atoms with Crippen LogP contribution in [-0.4, -0.2) is 4.55 Å². The third kappa shape index (κ3) is 4.92. The molecule has 0 heterocycles. The Kier molecular flexibility index (Phi) is 5.34. The van der Waals surface area contributed by atoms with Gasteiger partial charge in [-0.2, -0.15) is 0 Å². The van der Waals surface area contributed by atoms with E-state index in [-0.39, 0.29) is 0 Å². The van der Waals surface area contributed by atoms with Gasteiger partial charge in [0.05, 0.1) is 0 Å². The van der Waals surface area contributed by atoms with E-state index in [0.717, 1.165) is 11.1 Å². The lowest BCUT2D eigenvalue weighted by Gasteiger charge is -2.05. The maximum absolute atomic E-state index is 11.9. The Bertz CT molecular complexity index is 549. The summed E-state index contributed by atoms with van der Waals surface area (Å²) in [6.07, 6.45) is 1.84. The molecule has 1 atom stereocenters. The molecule has 0 spiro atoms. The average Bonchev–Trinajstić information content (AvgIpc) is 2.41. The summed E-state index contributed by atoms with van der Waals surface area (Å²) in [6, 6.07) is 14.8. The molecule has 0 saturated carbocycles. The summed E-state index contributed by atoms with van der Waals surface area (Å²) in [5, 5.41) is 3.07. The fraction of sp³-hybridized carbons (Fsp3) is 0.0667. The van der Waals surface area contributed by atoms with E-state index < -0.39 is 11.2 Å². The molecule has 0 saturated heterocycles. The molecule has 0 amide bonds. The van der Waals surface area contributed by atoms with Gasteiger partial charge in [0, 0.05) is 15.6 Å². The van der Waals surface area contributed by atoms with Crippen LogP contribution in [-0.2, 0) is 16.9 Å². The normalized spacial score (nSPS) is 12.8. The van der Waals surface area contributed by atoms with Gasteiger partial charge >= 0.3 is 0 Å². The minimum atomic E-state index is -1.04. The third-order valence-electron chi connectivity index (χ3n) is 2.50. The molecular weight excluding hydrogens is 299 g/mol. The number of hydrogen-bond donors (Lipinski definition) is 0. The van der Waals surface area contributed by atoms with Crippen LogP contribution in [0.2, 0.25) is 10.0 Å². The molecule has 0 aliphatic carbocycles. The van der Waals surface area contributed by atoms with Crippen LogP contribution in [0.5, 0.6) is 0 Å². The minimum absolute atomic E-state index is 0.487. The molecule has 0 radical (unpaired) electrons. The lowest BCUT2D eigenvalue weighted by Crippen LogP contribution is -1.99. The summed E-state index contributed by atoms with van der Waals surface area (Å²) >= 11 is 10.6. The standard InChI is InChI=1S/C15H12Cl2OS/c16-14-5-1-12(2-6-14)9-10-19(18)11-13-3-7-15(17)8-4-13/h1-10H,11H2/b10-9-. The summed E-state index contributed by atoms with van der Waals surface area (Å²) in [4.78, 5) is 0. The Morgan fingerprint density at radius 2 is 1.42 bits per heavy atom. The zero-order valence-corrected chi connectivity index (χ0v) is 12.4. The van der Waals surface area contributed by atoms with Gasteiger partial charge in [0.1, 0.15) is 11.2 Å². The van der Waals surface area contributed by atoms with Crippen molar-refractivity contribution in [1.29, 1.82) is 0 Å². The molecule has 0 aromatic heterocycles. The molecule has 1 nitrogen and oxygen atoms in total. The molecule has 0 bridgehead atoms. The third-order valence-corrected chi connectivity index (χ3v) is 4.07. The van der Waals surface area contributed by atoms with Crippen molar-refractivity contribution in [2.75, 3.05) is 0 Å². The van der Waals surface area contributed by atoms with Gasteiger partial charge in [-0.05, 0) is 47.1 Å². The first-order valence-corrected chi connectivity index (χ1v) is 7.83. The quantitative estimate of drug-likeness (QED) is 0.736. The Hall–Kier alpha value is -0.930. The number of benzene rings is 2. The summed E-state index contributed by atoms with van der Waals surface area (Å²) in [5.74, 6) is 0.487. The number of halogens is 2. The van der Waals surface area contributed by atoms with Crippen LogP contribution in [0.1, 0.15) is 11.1 Å². The SMILES string of the molecule is [O-][S+](/C=C\c1ccc(Cl)cc1)Cc1ccc(Cl)cc1. The zero-order chi connectivity index (χ0) is 13.7. The van der Waals surface area contributed by atoms with Crippen LogP contribution in [0.3, 0.4) is 0 Å². The van der Waals surface area contributed by atoms with Crippen LogP contribution in [0.15, 0.2) is 53.9 Å². The highest BCUT2D eigenvalue weighted by Gasteiger charge is 2.03. The van der Waals surface area contributed by atoms with Gasteiger partial charge in [-0.25, -0.2) is 0 Å². The van der Waals surface area contributed by atoms with Gasteiger partial charge in [0.25, 0.3) is 0 Å². The van der Waals surface area contributed by atoms with Crippen molar-refractivity contribution >= 4 is 40.5 Å². The molecule has 2 rings (SSSR count). The van der Waals surface area contributed by atoms with Crippen molar-refractivity contribution in [3.8, 4) is 0 Å². The first kappa shape index (κ1) is 14.5. The Balaban J connectivity index is 1.95. The van der Waals surface area contributed by atoms with Crippen molar-refractivity contribution in [3.63, 3.8) is 0 Å². The molecule has 0 fully saturated rings. The average molecular weight is 311 g/mol. The summed E-state index contributed by atoms with van der Waals surface area (Å²) < 4.78 is 11.9. The second-order valence-corrected chi connectivity index (χ2v) is 6.20. The lowest BCUT2D eigenvalue weighted by molar-refractivity contribution is 0.603. The highest BCUT2D eigenvalue weighted by molar-refractivity contribution is 7.93. The Morgan fingerprint density at radius 1 is 0.895 bits per heavy atom. The monoisotopic (exact) mass is 310 g/mol. The maximum atomic E-state index is 11.9. The predicted molar refractivity (Wildman–Crippen MR) is 83.8 cm³/mol. The molecule has 2 aromatic carbocycles. The lowest BCUT2D eigenvalue weighted by atomic mass is 10.2. The molecule has 4 heteroatoms. The van der Waals surface area contributed by atoms with Crippen LogP contribution < -0.4 is 0 Å². The van der Waals surface area contributed by atoms with Crippen LogP contribution >= 0.6 is 23.2 Å². The largest absolute Gasteiger partial charge is 0.612 e. The van der Waals surface area contributed by atoms with Crippen LogP contribution in [0.4, 0.5) is 0 Å². The van der Waals surface area contributed by atoms with Gasteiger partial charge < -0.3 is 4.55 Å². The smallest absolute Gasteiger partial charge is 0.135 e. The van der Waals surface area contributed by atoms with E-state index in [0.29, 0.717) is 15.8 Å². The molecule has 0 aliphatic heterocycles. The molecule has 0 N–H and O–H groups in total. The molecule has 1 unspecified atom stereocenters. The second kappa shape index (κ2) is 7.01. The zero-order valence-electron chi connectivity index (χ0n) is 10.1. The Morgan fingerprint density at radius 3 is 2.00 bits per heavy atom. The number of hydrogen-bond acceptors (Lipinski definition) is 1. The molecule has 0 aliphatic rings. The van der Waals surface area contributed by atoms with Gasteiger partial charge in [0.15, 0.2) is 0 Å². The van der Waals surface area contributed by atoms with E-state index >= 15 is 0 Å². The molecule has 2 aromatic rings. The highest BCUT2D eigenvalue weighted by atomic mass is 35.5. The van der Waals surface area contributed by atoms with Gasteiger partial charge in [-0.3, -0.25) is 0 Å². The van der Waals surface area contributed by atoms with Crippen molar-refractivity contribution in [1.82, 2.24) is 0 Å². The van der Waals surface area contributed by atoms with Crippen molar-refractivity contribution in [2.24, 2.45) is 0 Å². The van der Waals surface area contributed by atoms with Gasteiger partial charge in [0.2, 0.25) is 0 Å². The van der Waals surface area contributed by atoms with E-state index in [1.54, 1.807) is 17.5 Å². The second-order valence-electron chi connectivity index (χ2n) is 4.01. The van der Waals surface area contributed by atoms with E-state index in [9.17, 15) is 4.55 Å². The van der Waals surface area contributed by atoms with E-state index in [4.69, 9.17) is 23.2 Å². The first-order chi connectivity index (χ1) is 9.13. The highest BCUT2D eigenvalue weighted by Crippen LogP contribution is 2.15. The van der Waals surface area contributed by atoms with Gasteiger partial charge in [-0.1, -0.05) is 47.5 Å². The molecule has 98 valence electrons. The van der Waals surface area contributed by atoms with Crippen molar-refractivity contribution in [2.45, 2.75) is 5.75 Å². The summed E-state index contributed by atoms with van der Waals surface area (Å²) in [5.41, 5.74) is 1.98. The molecular formula is C15H12Cl2OS. The molecule has 19 heavy (non-hydrogen) atoms. The van der Waals surface area contributed by atoms with Gasteiger partial charge in [-0.15, -0.1) is 0 Å². The van der Waals surface area contributed by atoms with Crippen molar-refractivity contribution < 1.29 is 4.55 Å². The topological polar surface area (TPSA) is 23.1 Å². The van der Waals surface area contributed by atoms with Crippen LogP contribution in [0, 0.1) is 0 Å². The first-order valence-electron chi connectivity index (χ1n) is 5.69. The summed E-state index contributed by atoms with van der Waals surface area (Å²) in [7, 11) is 0. The number of rotatable bonds is 4. The van der Waals surface area contributed by atoms with E-state index in [2.05, 4.69) is 0 Å². The Labute approximate surface area is 126 Å². The summed E-state index contributed by atoms with van der Waals surface area (Å²) in [6.45, 7) is 0. The van der Waals surface area contributed by atoms with E-state index in [1.807, 2.05) is 42.5 Å². The van der Waals surface area contributed by atoms with Crippen LogP contribution in [0.25, 0.3) is 6.08 Å². The van der Waals surface area contributed by atoms with E-state index in [1.165, 1.54) is 0 Å². The van der Waals surface area contributed by atoms with Crippen molar-refractivity contribution in [3.05, 3.63) is 75.1 Å². The minimum Gasteiger partial charge on any atom is -0.612 e. The maximum Gasteiger partial charge on any atom is 0.135 e.